The van der Waals surface area contributed by atoms with E-state index in [-0.39, 0.29) is 5.54 Å². The van der Waals surface area contributed by atoms with Crippen LogP contribution in [0.15, 0.2) is 18.2 Å². The molecule has 96 valence electrons. The van der Waals surface area contributed by atoms with Crippen molar-refractivity contribution in [2.45, 2.75) is 45.7 Å². The Morgan fingerprint density at radius 2 is 2.06 bits per heavy atom. The second-order valence-electron chi connectivity index (χ2n) is 5.60. The normalized spacial score (nSPS) is 12.1. The number of nitrogens with zero attached hydrogens (tertiary/aromatic N) is 2. The largest absolute Gasteiger partial charge is 0.326 e. The molecule has 17 heavy (non-hydrogen) atoms. The van der Waals surface area contributed by atoms with Crippen LogP contribution in [0.4, 0.5) is 0 Å². The molecule has 0 saturated heterocycles. The third-order valence-corrected chi connectivity index (χ3v) is 2.74. The van der Waals surface area contributed by atoms with Gasteiger partial charge in [-0.3, -0.25) is 4.98 Å². The van der Waals surface area contributed by atoms with Crippen LogP contribution in [0.25, 0.3) is 0 Å². The van der Waals surface area contributed by atoms with Crippen molar-refractivity contribution in [2.75, 3.05) is 13.6 Å². The van der Waals surface area contributed by atoms with Gasteiger partial charge in [-0.1, -0.05) is 6.07 Å². The van der Waals surface area contributed by atoms with Gasteiger partial charge >= 0.3 is 0 Å². The smallest absolute Gasteiger partial charge is 0.0547 e. The summed E-state index contributed by atoms with van der Waals surface area (Å²) in [5, 5.41) is 0. The Labute approximate surface area is 105 Å². The molecule has 0 fully saturated rings. The molecule has 1 aromatic heterocycles. The Hall–Kier alpha value is -0.930. The first kappa shape index (κ1) is 14.1. The Morgan fingerprint density at radius 1 is 1.35 bits per heavy atom. The topological polar surface area (TPSA) is 42.1 Å². The predicted octanol–water partition coefficient (Wildman–Crippen LogP) is 2.34. The van der Waals surface area contributed by atoms with E-state index in [1.807, 2.05) is 13.0 Å². The minimum Gasteiger partial charge on any atom is -0.326 e. The fourth-order valence-corrected chi connectivity index (χ4v) is 1.85. The molecule has 3 nitrogen and oxygen atoms in total. The van der Waals surface area contributed by atoms with Crippen molar-refractivity contribution in [1.82, 2.24) is 9.88 Å². The molecular formula is C14H25N3. The molecule has 0 atom stereocenters. The lowest BCUT2D eigenvalue weighted by Gasteiger charge is -2.21. The fraction of sp³-hybridized carbons (Fsp3) is 0.643. The van der Waals surface area contributed by atoms with Gasteiger partial charge in [-0.25, -0.2) is 0 Å². The highest BCUT2D eigenvalue weighted by molar-refractivity contribution is 5.09. The molecule has 3 heteroatoms. The molecule has 0 aliphatic heterocycles. The molecule has 1 heterocycles. The van der Waals surface area contributed by atoms with Gasteiger partial charge in [0.25, 0.3) is 0 Å². The van der Waals surface area contributed by atoms with E-state index in [2.05, 4.69) is 42.9 Å². The van der Waals surface area contributed by atoms with Gasteiger partial charge in [0.1, 0.15) is 0 Å². The average molecular weight is 235 g/mol. The number of hydrogen-bond acceptors (Lipinski definition) is 3. The summed E-state index contributed by atoms with van der Waals surface area (Å²) in [5.41, 5.74) is 8.13. The van der Waals surface area contributed by atoms with Gasteiger partial charge in [0.05, 0.1) is 5.69 Å². The lowest BCUT2D eigenvalue weighted by molar-refractivity contribution is 0.300. The zero-order valence-corrected chi connectivity index (χ0v) is 11.5. The summed E-state index contributed by atoms with van der Waals surface area (Å²) in [4.78, 5) is 6.80. The number of pyridine rings is 1. The quantitative estimate of drug-likeness (QED) is 0.823. The van der Waals surface area contributed by atoms with Crippen molar-refractivity contribution in [3.8, 4) is 0 Å². The summed E-state index contributed by atoms with van der Waals surface area (Å²) in [6, 6.07) is 6.17. The first-order chi connectivity index (χ1) is 7.87. The van der Waals surface area contributed by atoms with Crippen molar-refractivity contribution < 1.29 is 0 Å². The molecule has 0 aromatic carbocycles. The van der Waals surface area contributed by atoms with Gasteiger partial charge in [-0.05, 0) is 59.3 Å². The van der Waals surface area contributed by atoms with Gasteiger partial charge in [0, 0.05) is 17.8 Å². The summed E-state index contributed by atoms with van der Waals surface area (Å²) in [6.45, 7) is 8.16. The maximum atomic E-state index is 5.96. The summed E-state index contributed by atoms with van der Waals surface area (Å²) >= 11 is 0. The van der Waals surface area contributed by atoms with Crippen LogP contribution >= 0.6 is 0 Å². The summed E-state index contributed by atoms with van der Waals surface area (Å²) < 4.78 is 0. The summed E-state index contributed by atoms with van der Waals surface area (Å²) in [7, 11) is 2.13. The average Bonchev–Trinajstić information content (AvgIpc) is 2.15. The second kappa shape index (κ2) is 6.12. The van der Waals surface area contributed by atoms with E-state index in [0.29, 0.717) is 0 Å². The zero-order valence-electron chi connectivity index (χ0n) is 11.5. The molecule has 0 saturated carbocycles. The minimum atomic E-state index is -0.0531. The number of hydrogen-bond donors (Lipinski definition) is 1. The van der Waals surface area contributed by atoms with Crippen molar-refractivity contribution in [3.05, 3.63) is 29.6 Å². The zero-order chi connectivity index (χ0) is 12.9. The highest BCUT2D eigenvalue weighted by Gasteiger charge is 2.10. The number of rotatable bonds is 6. The van der Waals surface area contributed by atoms with Crippen LogP contribution in [0.2, 0.25) is 0 Å². The van der Waals surface area contributed by atoms with Crippen LogP contribution < -0.4 is 5.73 Å². The standard InChI is InChI=1S/C14H25N3/c1-12-7-5-8-13(16-12)11-17(4)10-6-9-14(2,3)15/h5,7-8H,6,9-11,15H2,1-4H3. The fourth-order valence-electron chi connectivity index (χ4n) is 1.85. The van der Waals surface area contributed by atoms with Crippen LogP contribution in [-0.4, -0.2) is 29.0 Å². The van der Waals surface area contributed by atoms with E-state index in [1.54, 1.807) is 0 Å². The van der Waals surface area contributed by atoms with Crippen molar-refractivity contribution in [3.63, 3.8) is 0 Å². The lowest BCUT2D eigenvalue weighted by atomic mass is 10.0. The molecule has 2 N–H and O–H groups in total. The maximum Gasteiger partial charge on any atom is 0.0547 e. The number of aryl methyl sites for hydroxylation is 1. The van der Waals surface area contributed by atoms with Crippen molar-refractivity contribution in [2.24, 2.45) is 5.73 Å². The van der Waals surface area contributed by atoms with Crippen molar-refractivity contribution >= 4 is 0 Å². The molecule has 0 unspecified atom stereocenters. The van der Waals surface area contributed by atoms with Gasteiger partial charge in [-0.15, -0.1) is 0 Å². The monoisotopic (exact) mass is 235 g/mol. The Morgan fingerprint density at radius 3 is 2.65 bits per heavy atom. The Balaban J connectivity index is 2.32. The Kier molecular flexibility index (Phi) is 5.09. The Bertz CT molecular complexity index is 342. The molecule has 0 bridgehead atoms. The number of aromatic nitrogens is 1. The van der Waals surface area contributed by atoms with Crippen LogP contribution in [0, 0.1) is 6.92 Å². The molecule has 0 aliphatic rings. The van der Waals surface area contributed by atoms with Gasteiger partial charge < -0.3 is 10.6 Å². The SMILES string of the molecule is Cc1cccc(CN(C)CCCC(C)(C)N)n1. The highest BCUT2D eigenvalue weighted by Crippen LogP contribution is 2.08. The first-order valence-electron chi connectivity index (χ1n) is 6.27. The van der Waals surface area contributed by atoms with E-state index in [0.717, 1.165) is 37.3 Å². The molecule has 1 aromatic rings. The van der Waals surface area contributed by atoms with E-state index in [1.165, 1.54) is 0 Å². The van der Waals surface area contributed by atoms with E-state index >= 15 is 0 Å². The van der Waals surface area contributed by atoms with Gasteiger partial charge in [0.2, 0.25) is 0 Å². The predicted molar refractivity (Wildman–Crippen MR) is 72.8 cm³/mol. The van der Waals surface area contributed by atoms with Crippen LogP contribution in [-0.2, 0) is 6.54 Å². The second-order valence-corrected chi connectivity index (χ2v) is 5.60. The van der Waals surface area contributed by atoms with Gasteiger partial charge in [-0.2, -0.15) is 0 Å². The van der Waals surface area contributed by atoms with Crippen LogP contribution in [0.1, 0.15) is 38.1 Å². The van der Waals surface area contributed by atoms with E-state index < -0.39 is 0 Å². The first-order valence-corrected chi connectivity index (χ1v) is 6.27. The maximum absolute atomic E-state index is 5.96. The van der Waals surface area contributed by atoms with Crippen molar-refractivity contribution in [1.29, 1.82) is 0 Å². The molecule has 0 amide bonds. The number of nitrogens with two attached hydrogens (primary N) is 1. The summed E-state index contributed by atoms with van der Waals surface area (Å²) in [5.74, 6) is 0. The lowest BCUT2D eigenvalue weighted by Crippen LogP contribution is -2.33. The third-order valence-electron chi connectivity index (χ3n) is 2.74. The molecule has 0 radical (unpaired) electrons. The molecule has 0 aliphatic carbocycles. The highest BCUT2D eigenvalue weighted by atomic mass is 15.1. The molecular weight excluding hydrogens is 210 g/mol. The molecule has 1 rings (SSSR count). The van der Waals surface area contributed by atoms with Crippen LogP contribution in [0.5, 0.6) is 0 Å². The third kappa shape index (κ3) is 6.39. The van der Waals surface area contributed by atoms with Crippen LogP contribution in [0.3, 0.4) is 0 Å². The van der Waals surface area contributed by atoms with Gasteiger partial charge in [0.15, 0.2) is 0 Å². The van der Waals surface area contributed by atoms with E-state index in [9.17, 15) is 0 Å². The minimum absolute atomic E-state index is 0.0531. The molecule has 0 spiro atoms. The van der Waals surface area contributed by atoms with E-state index in [4.69, 9.17) is 5.73 Å². The summed E-state index contributed by atoms with van der Waals surface area (Å²) in [6.07, 6.45) is 2.18.